The topological polar surface area (TPSA) is 144 Å². The molecule has 2 amide bonds. The van der Waals surface area contributed by atoms with Crippen molar-refractivity contribution in [1.29, 1.82) is 0 Å². The number of rotatable bonds is 16. The van der Waals surface area contributed by atoms with Crippen LogP contribution in [0.25, 0.3) is 22.8 Å². The molecule has 0 unspecified atom stereocenters. The highest BCUT2D eigenvalue weighted by Crippen LogP contribution is 2.25. The fourth-order valence-corrected chi connectivity index (χ4v) is 5.02. The van der Waals surface area contributed by atoms with Crippen LogP contribution < -0.4 is 15.4 Å². The monoisotopic (exact) mass is 654 g/mol. The van der Waals surface area contributed by atoms with Crippen LogP contribution in [0, 0.1) is 0 Å². The summed E-state index contributed by atoms with van der Waals surface area (Å²) in [6.45, 7) is 10.5. The summed E-state index contributed by atoms with van der Waals surface area (Å²) in [6, 6.07) is 19.9. The first kappa shape index (κ1) is 35.9. The molecule has 48 heavy (non-hydrogen) atoms. The Kier molecular flexibility index (Phi) is 12.5. The molecule has 10 heteroatoms. The fourth-order valence-electron chi connectivity index (χ4n) is 5.02. The lowest BCUT2D eigenvalue weighted by Crippen LogP contribution is -2.51. The lowest BCUT2D eigenvalue weighted by molar-refractivity contribution is -0.141. The average molecular weight is 655 g/mol. The number of ether oxygens (including phenoxy) is 1. The summed E-state index contributed by atoms with van der Waals surface area (Å²) in [5, 5.41) is 18.7. The molecule has 0 saturated carbocycles. The van der Waals surface area contributed by atoms with E-state index in [9.17, 15) is 19.5 Å². The van der Waals surface area contributed by atoms with Crippen LogP contribution in [-0.4, -0.2) is 51.7 Å². The lowest BCUT2D eigenvalue weighted by atomic mass is 9.86. The number of benzene rings is 3. The van der Waals surface area contributed by atoms with Gasteiger partial charge in [0.2, 0.25) is 11.7 Å². The normalized spacial score (nSPS) is 12.6. The molecule has 0 bridgehead atoms. The average Bonchev–Trinajstić information content (AvgIpc) is 3.56. The van der Waals surface area contributed by atoms with E-state index in [0.717, 1.165) is 28.9 Å². The highest BCUT2D eigenvalue weighted by atomic mass is 16.5. The molecule has 3 N–H and O–H groups in total. The Morgan fingerprint density at radius 3 is 2.12 bits per heavy atom. The molecule has 0 aliphatic carbocycles. The van der Waals surface area contributed by atoms with Gasteiger partial charge < -0.3 is 25.0 Å². The highest BCUT2D eigenvalue weighted by molar-refractivity contribution is 5.98. The SMILES string of the molecule is CCCCCCCOc1ccc(-c2nc(-c3ccc(C[C@H](NC(=O)c4ccc(C(C)(C)C)cc4)C(=O)N[C@H](C)C(=O)O)cc3)no2)cc1. The number of carbonyl (C=O) groups is 3. The highest BCUT2D eigenvalue weighted by Gasteiger charge is 2.25. The van der Waals surface area contributed by atoms with Gasteiger partial charge in [-0.1, -0.05) is 94.9 Å². The molecular formula is C38H46N4O6. The quantitative estimate of drug-likeness (QED) is 0.110. The molecule has 4 rings (SSSR count). The second-order valence-electron chi connectivity index (χ2n) is 13.0. The standard InChI is InChI=1S/C38H46N4O6/c1-6-7-8-9-10-23-47-31-21-17-29(18-22-31)36-41-33(42-48-36)27-13-11-26(12-14-27)24-32(35(44)39-25(2)37(45)46)40-34(43)28-15-19-30(20-16-28)38(3,4)5/h11-22,25,32H,6-10,23-24H2,1-5H3,(H,39,44)(H,40,43)(H,45,46)/t25-,32+/m1/s1. The second-order valence-corrected chi connectivity index (χ2v) is 13.0. The Balaban J connectivity index is 1.41. The molecule has 10 nitrogen and oxygen atoms in total. The van der Waals surface area contributed by atoms with Crippen molar-refractivity contribution in [3.8, 4) is 28.6 Å². The second kappa shape index (κ2) is 16.7. The van der Waals surface area contributed by atoms with Crippen molar-refractivity contribution in [2.75, 3.05) is 6.61 Å². The Morgan fingerprint density at radius 1 is 0.854 bits per heavy atom. The maximum absolute atomic E-state index is 13.2. The number of carboxylic acid groups (broad SMARTS) is 1. The van der Waals surface area contributed by atoms with E-state index >= 15 is 0 Å². The molecule has 2 atom stereocenters. The van der Waals surface area contributed by atoms with Crippen LogP contribution in [-0.2, 0) is 21.4 Å². The summed E-state index contributed by atoms with van der Waals surface area (Å²) in [4.78, 5) is 42.2. The van der Waals surface area contributed by atoms with Gasteiger partial charge in [-0.3, -0.25) is 14.4 Å². The van der Waals surface area contributed by atoms with Crippen molar-refractivity contribution in [3.63, 3.8) is 0 Å². The fraction of sp³-hybridized carbons (Fsp3) is 0.395. The van der Waals surface area contributed by atoms with E-state index in [0.29, 0.717) is 29.4 Å². The molecular weight excluding hydrogens is 608 g/mol. The minimum atomic E-state index is -1.17. The van der Waals surface area contributed by atoms with E-state index in [1.54, 1.807) is 12.1 Å². The van der Waals surface area contributed by atoms with E-state index in [2.05, 4.69) is 48.5 Å². The van der Waals surface area contributed by atoms with Gasteiger partial charge in [-0.15, -0.1) is 0 Å². The predicted molar refractivity (Wildman–Crippen MR) is 185 cm³/mol. The number of nitrogens with zero attached hydrogens (tertiary/aromatic N) is 2. The third-order valence-corrected chi connectivity index (χ3v) is 8.06. The first-order chi connectivity index (χ1) is 22.9. The van der Waals surface area contributed by atoms with Crippen LogP contribution in [0.2, 0.25) is 0 Å². The van der Waals surface area contributed by atoms with Crippen molar-refractivity contribution >= 4 is 17.8 Å². The van der Waals surface area contributed by atoms with E-state index in [1.807, 2.05) is 60.7 Å². The predicted octanol–water partition coefficient (Wildman–Crippen LogP) is 6.98. The van der Waals surface area contributed by atoms with Gasteiger partial charge in [-0.2, -0.15) is 4.98 Å². The Labute approximate surface area is 282 Å². The number of unbranched alkanes of at least 4 members (excludes halogenated alkanes) is 4. The number of carboxylic acids is 1. The minimum absolute atomic E-state index is 0.0760. The first-order valence-corrected chi connectivity index (χ1v) is 16.6. The van der Waals surface area contributed by atoms with Crippen LogP contribution in [0.4, 0.5) is 0 Å². The third-order valence-electron chi connectivity index (χ3n) is 8.06. The van der Waals surface area contributed by atoms with Crippen molar-refractivity contribution in [2.24, 2.45) is 0 Å². The number of hydrogen-bond acceptors (Lipinski definition) is 7. The molecule has 0 spiro atoms. The van der Waals surface area contributed by atoms with Gasteiger partial charge in [0, 0.05) is 23.1 Å². The number of aliphatic carboxylic acids is 1. The van der Waals surface area contributed by atoms with Crippen LogP contribution in [0.15, 0.2) is 77.3 Å². The Hall–Kier alpha value is -4.99. The Morgan fingerprint density at radius 2 is 1.50 bits per heavy atom. The third kappa shape index (κ3) is 10.3. The summed E-state index contributed by atoms with van der Waals surface area (Å²) >= 11 is 0. The van der Waals surface area contributed by atoms with Crippen LogP contribution >= 0.6 is 0 Å². The molecule has 1 aromatic heterocycles. The molecule has 0 aliphatic rings. The zero-order chi connectivity index (χ0) is 34.7. The largest absolute Gasteiger partial charge is 0.494 e. The van der Waals surface area contributed by atoms with Gasteiger partial charge in [-0.25, -0.2) is 0 Å². The molecule has 1 heterocycles. The summed E-state index contributed by atoms with van der Waals surface area (Å²) in [5.74, 6) is -0.629. The van der Waals surface area contributed by atoms with E-state index in [4.69, 9.17) is 9.26 Å². The van der Waals surface area contributed by atoms with Crippen molar-refractivity contribution in [1.82, 2.24) is 20.8 Å². The molecule has 254 valence electrons. The number of nitrogens with one attached hydrogen (secondary N) is 2. The van der Waals surface area contributed by atoms with E-state index in [-0.39, 0.29) is 11.8 Å². The van der Waals surface area contributed by atoms with Gasteiger partial charge in [0.1, 0.15) is 17.8 Å². The minimum Gasteiger partial charge on any atom is -0.494 e. The first-order valence-electron chi connectivity index (χ1n) is 16.6. The summed E-state index contributed by atoms with van der Waals surface area (Å²) in [6.07, 6.45) is 6.05. The van der Waals surface area contributed by atoms with Crippen LogP contribution in [0.3, 0.4) is 0 Å². The molecule has 4 aromatic rings. The van der Waals surface area contributed by atoms with Crippen LogP contribution in [0.1, 0.15) is 88.2 Å². The zero-order valence-electron chi connectivity index (χ0n) is 28.4. The number of aromatic nitrogens is 2. The van der Waals surface area contributed by atoms with Gasteiger partial charge in [-0.05, 0) is 66.3 Å². The number of hydrogen-bond donors (Lipinski definition) is 3. The summed E-state index contributed by atoms with van der Waals surface area (Å²) in [7, 11) is 0. The Bertz CT molecular complexity index is 1640. The van der Waals surface area contributed by atoms with E-state index < -0.39 is 29.9 Å². The molecule has 0 saturated heterocycles. The van der Waals surface area contributed by atoms with Crippen molar-refractivity contribution in [3.05, 3.63) is 89.5 Å². The van der Waals surface area contributed by atoms with E-state index in [1.165, 1.54) is 32.6 Å². The van der Waals surface area contributed by atoms with Gasteiger partial charge in [0.15, 0.2) is 0 Å². The van der Waals surface area contributed by atoms with Crippen LogP contribution in [0.5, 0.6) is 5.75 Å². The summed E-state index contributed by atoms with van der Waals surface area (Å²) < 4.78 is 11.4. The number of carbonyl (C=O) groups excluding carboxylic acids is 2. The smallest absolute Gasteiger partial charge is 0.325 e. The zero-order valence-corrected chi connectivity index (χ0v) is 28.4. The molecule has 3 aromatic carbocycles. The van der Waals surface area contributed by atoms with Crippen molar-refractivity contribution in [2.45, 2.75) is 90.6 Å². The molecule has 0 radical (unpaired) electrons. The van der Waals surface area contributed by atoms with Crippen molar-refractivity contribution < 1.29 is 28.8 Å². The molecule has 0 aliphatic heterocycles. The number of amides is 2. The maximum atomic E-state index is 13.2. The van der Waals surface area contributed by atoms with Gasteiger partial charge >= 0.3 is 5.97 Å². The van der Waals surface area contributed by atoms with Gasteiger partial charge in [0.25, 0.3) is 11.8 Å². The summed E-state index contributed by atoms with van der Waals surface area (Å²) in [5.41, 5.74) is 3.62. The maximum Gasteiger partial charge on any atom is 0.325 e. The lowest BCUT2D eigenvalue weighted by Gasteiger charge is -2.21. The van der Waals surface area contributed by atoms with Gasteiger partial charge in [0.05, 0.1) is 6.61 Å². The molecule has 0 fully saturated rings.